The number of para-hydroxylation sites is 1. The van der Waals surface area contributed by atoms with Gasteiger partial charge in [0.2, 0.25) is 0 Å². The molecule has 0 aromatic heterocycles. The van der Waals surface area contributed by atoms with Crippen LogP contribution in [0.15, 0.2) is 24.3 Å². The number of rotatable bonds is 2. The highest BCUT2D eigenvalue weighted by Gasteiger charge is 2.52. The first-order chi connectivity index (χ1) is 9.71. The highest BCUT2D eigenvalue weighted by atomic mass is 16.6. The number of nitrogens with one attached hydrogen (secondary N) is 1. The van der Waals surface area contributed by atoms with Crippen LogP contribution in [-0.4, -0.2) is 31.8 Å². The van der Waals surface area contributed by atoms with Gasteiger partial charge in [0, 0.05) is 19.7 Å². The number of ether oxygens (including phenoxy) is 2. The van der Waals surface area contributed by atoms with E-state index in [4.69, 9.17) is 9.47 Å². The van der Waals surface area contributed by atoms with E-state index in [1.165, 1.54) is 12.0 Å². The molecule has 114 valence electrons. The molecular formula is C15H20N2O4. The zero-order chi connectivity index (χ0) is 15.8. The number of hydrogen-bond acceptors (Lipinski definition) is 4. The van der Waals surface area contributed by atoms with Crippen LogP contribution in [0.25, 0.3) is 0 Å². The van der Waals surface area contributed by atoms with Gasteiger partial charge in [0.1, 0.15) is 5.60 Å². The van der Waals surface area contributed by atoms with E-state index < -0.39 is 17.4 Å². The van der Waals surface area contributed by atoms with Crippen molar-refractivity contribution in [3.63, 3.8) is 0 Å². The SMILES string of the molecule is CO[C@]1(NC(=O)OC(C)(C)C)C(=O)N(C)c2ccccc21. The quantitative estimate of drug-likeness (QED) is 0.846. The number of likely N-dealkylation sites (N-methyl/N-ethyl adjacent to an activating group) is 1. The van der Waals surface area contributed by atoms with E-state index in [0.717, 1.165) is 0 Å². The summed E-state index contributed by atoms with van der Waals surface area (Å²) in [6.07, 6.45) is -0.706. The predicted octanol–water partition coefficient (Wildman–Crippen LogP) is 1.99. The number of amides is 2. The molecule has 1 aliphatic rings. The zero-order valence-corrected chi connectivity index (χ0v) is 12.9. The van der Waals surface area contributed by atoms with Crippen LogP contribution in [0, 0.1) is 0 Å². The fraction of sp³-hybridized carbons (Fsp3) is 0.467. The molecule has 21 heavy (non-hydrogen) atoms. The van der Waals surface area contributed by atoms with Crippen LogP contribution in [0.4, 0.5) is 10.5 Å². The van der Waals surface area contributed by atoms with Crippen LogP contribution < -0.4 is 10.2 Å². The van der Waals surface area contributed by atoms with E-state index in [-0.39, 0.29) is 5.91 Å². The van der Waals surface area contributed by atoms with Crippen LogP contribution in [-0.2, 0) is 20.0 Å². The number of hydrogen-bond donors (Lipinski definition) is 1. The lowest BCUT2D eigenvalue weighted by Gasteiger charge is -2.29. The van der Waals surface area contributed by atoms with E-state index in [2.05, 4.69) is 5.32 Å². The summed E-state index contributed by atoms with van der Waals surface area (Å²) < 4.78 is 10.6. The number of nitrogens with zero attached hydrogens (tertiary/aromatic N) is 1. The number of fused-ring (bicyclic) bond motifs is 1. The molecule has 1 heterocycles. The van der Waals surface area contributed by atoms with Crippen LogP contribution >= 0.6 is 0 Å². The van der Waals surface area contributed by atoms with Crippen LogP contribution in [0.3, 0.4) is 0 Å². The molecule has 6 nitrogen and oxygen atoms in total. The second-order valence-corrected chi connectivity index (χ2v) is 5.89. The Bertz CT molecular complexity index is 579. The third kappa shape index (κ3) is 2.58. The topological polar surface area (TPSA) is 67.9 Å². The lowest BCUT2D eigenvalue weighted by Crippen LogP contribution is -2.54. The molecule has 1 aromatic carbocycles. The van der Waals surface area contributed by atoms with Crippen molar-refractivity contribution < 1.29 is 19.1 Å². The number of carbonyl (C=O) groups is 2. The molecule has 0 aliphatic carbocycles. The maximum Gasteiger partial charge on any atom is 0.410 e. The second-order valence-electron chi connectivity index (χ2n) is 5.89. The monoisotopic (exact) mass is 292 g/mol. The summed E-state index contributed by atoms with van der Waals surface area (Å²) in [4.78, 5) is 26.1. The predicted molar refractivity (Wildman–Crippen MR) is 77.9 cm³/mol. The summed E-state index contributed by atoms with van der Waals surface area (Å²) >= 11 is 0. The fourth-order valence-corrected chi connectivity index (χ4v) is 2.34. The first kappa shape index (κ1) is 15.3. The van der Waals surface area contributed by atoms with E-state index in [1.54, 1.807) is 46.0 Å². The minimum Gasteiger partial charge on any atom is -0.444 e. The van der Waals surface area contributed by atoms with Gasteiger partial charge >= 0.3 is 6.09 Å². The van der Waals surface area contributed by atoms with Crippen molar-refractivity contribution in [2.45, 2.75) is 32.1 Å². The molecule has 0 spiro atoms. The molecule has 0 unspecified atom stereocenters. The number of carbonyl (C=O) groups excluding carboxylic acids is 2. The molecule has 6 heteroatoms. The summed E-state index contributed by atoms with van der Waals surface area (Å²) in [5.41, 5.74) is -0.925. The largest absolute Gasteiger partial charge is 0.444 e. The fourth-order valence-electron chi connectivity index (χ4n) is 2.34. The average molecular weight is 292 g/mol. The van der Waals surface area contributed by atoms with Crippen molar-refractivity contribution >= 4 is 17.7 Å². The van der Waals surface area contributed by atoms with Gasteiger partial charge in [-0.25, -0.2) is 4.79 Å². The highest BCUT2D eigenvalue weighted by molar-refractivity contribution is 6.07. The molecule has 0 radical (unpaired) electrons. The molecule has 1 aromatic rings. The van der Waals surface area contributed by atoms with E-state index in [0.29, 0.717) is 11.3 Å². The van der Waals surface area contributed by atoms with Gasteiger partial charge < -0.3 is 14.4 Å². The molecule has 1 aliphatic heterocycles. The zero-order valence-electron chi connectivity index (χ0n) is 12.9. The van der Waals surface area contributed by atoms with E-state index >= 15 is 0 Å². The first-order valence-electron chi connectivity index (χ1n) is 6.65. The molecule has 0 fully saturated rings. The number of methoxy groups -OCH3 is 1. The first-order valence-corrected chi connectivity index (χ1v) is 6.65. The Kier molecular flexibility index (Phi) is 3.67. The number of anilines is 1. The van der Waals surface area contributed by atoms with Crippen molar-refractivity contribution in [3.8, 4) is 0 Å². The second kappa shape index (κ2) is 5.04. The van der Waals surface area contributed by atoms with Crippen molar-refractivity contribution in [1.82, 2.24) is 5.32 Å². The standard InChI is InChI=1S/C15H20N2O4/c1-14(2,3)21-13(19)16-15(20-5)10-8-6-7-9-11(10)17(4)12(15)18/h6-9H,1-5H3,(H,16,19)/t15-/m0/s1. The van der Waals surface area contributed by atoms with Crippen LogP contribution in [0.5, 0.6) is 0 Å². The third-order valence-electron chi connectivity index (χ3n) is 3.23. The Morgan fingerprint density at radius 2 is 1.90 bits per heavy atom. The maximum absolute atomic E-state index is 12.5. The third-order valence-corrected chi connectivity index (χ3v) is 3.23. The van der Waals surface area contributed by atoms with Gasteiger partial charge in [-0.1, -0.05) is 18.2 Å². The molecule has 0 saturated carbocycles. The molecule has 0 bridgehead atoms. The Morgan fingerprint density at radius 3 is 2.48 bits per heavy atom. The summed E-state index contributed by atoms with van der Waals surface area (Å²) in [7, 11) is 3.02. The lowest BCUT2D eigenvalue weighted by atomic mass is 10.0. The Balaban J connectivity index is 2.38. The number of alkyl carbamates (subject to hydrolysis) is 1. The lowest BCUT2D eigenvalue weighted by molar-refractivity contribution is -0.143. The molecule has 1 atom stereocenters. The minimum atomic E-state index is -1.55. The van der Waals surface area contributed by atoms with Crippen molar-refractivity contribution in [2.24, 2.45) is 0 Å². The van der Waals surface area contributed by atoms with Crippen molar-refractivity contribution in [1.29, 1.82) is 0 Å². The normalized spacial score (nSPS) is 21.2. The summed E-state index contributed by atoms with van der Waals surface area (Å²) in [5.74, 6) is -0.364. The van der Waals surface area contributed by atoms with Gasteiger partial charge in [-0.2, -0.15) is 0 Å². The van der Waals surface area contributed by atoms with Crippen molar-refractivity contribution in [3.05, 3.63) is 29.8 Å². The smallest absolute Gasteiger partial charge is 0.410 e. The van der Waals surface area contributed by atoms with Gasteiger partial charge in [0.05, 0.1) is 5.69 Å². The number of benzene rings is 1. The molecular weight excluding hydrogens is 272 g/mol. The molecule has 0 saturated heterocycles. The summed E-state index contributed by atoms with van der Waals surface area (Å²) in [5, 5.41) is 2.56. The average Bonchev–Trinajstić information content (AvgIpc) is 2.60. The summed E-state index contributed by atoms with van der Waals surface area (Å²) in [6.45, 7) is 5.26. The van der Waals surface area contributed by atoms with Gasteiger partial charge in [-0.3, -0.25) is 10.1 Å². The molecule has 1 N–H and O–H groups in total. The maximum atomic E-state index is 12.5. The van der Waals surface area contributed by atoms with Gasteiger partial charge in [-0.15, -0.1) is 0 Å². The van der Waals surface area contributed by atoms with Crippen LogP contribution in [0.2, 0.25) is 0 Å². The van der Waals surface area contributed by atoms with Gasteiger partial charge in [-0.05, 0) is 26.8 Å². The summed E-state index contributed by atoms with van der Waals surface area (Å²) in [6, 6.07) is 7.15. The van der Waals surface area contributed by atoms with Gasteiger partial charge in [0.15, 0.2) is 0 Å². The van der Waals surface area contributed by atoms with Crippen LogP contribution in [0.1, 0.15) is 26.3 Å². The van der Waals surface area contributed by atoms with E-state index in [1.807, 2.05) is 6.07 Å². The Morgan fingerprint density at radius 1 is 1.29 bits per heavy atom. The van der Waals surface area contributed by atoms with E-state index in [9.17, 15) is 9.59 Å². The Hall–Kier alpha value is -2.08. The minimum absolute atomic E-state index is 0.364. The molecule has 2 rings (SSSR count). The molecule has 2 amide bonds. The van der Waals surface area contributed by atoms with Crippen molar-refractivity contribution in [2.75, 3.05) is 19.1 Å². The van der Waals surface area contributed by atoms with Gasteiger partial charge in [0.25, 0.3) is 11.6 Å². The Labute approximate surface area is 124 Å². The highest BCUT2D eigenvalue weighted by Crippen LogP contribution is 2.39.